The highest BCUT2D eigenvalue weighted by Gasteiger charge is 2.16. The van der Waals surface area contributed by atoms with Crippen LogP contribution in [0.25, 0.3) is 10.2 Å². The van der Waals surface area contributed by atoms with Gasteiger partial charge in [-0.25, -0.2) is 4.98 Å². The number of nitrogens with zero attached hydrogens (tertiary/aromatic N) is 2. The molecule has 3 aromatic rings. The zero-order valence-corrected chi connectivity index (χ0v) is 16.8. The van der Waals surface area contributed by atoms with Gasteiger partial charge < -0.3 is 15.0 Å². The Bertz CT molecular complexity index is 874. The van der Waals surface area contributed by atoms with Gasteiger partial charge in [0.2, 0.25) is 5.91 Å². The lowest BCUT2D eigenvalue weighted by Crippen LogP contribution is -2.34. The van der Waals surface area contributed by atoms with Crippen molar-refractivity contribution in [1.29, 1.82) is 0 Å². The predicted octanol–water partition coefficient (Wildman–Crippen LogP) is 3.66. The van der Waals surface area contributed by atoms with Gasteiger partial charge in [-0.2, -0.15) is 0 Å². The molecular weight excluding hydrogens is 358 g/mol. The molecule has 5 nitrogen and oxygen atoms in total. The Hall–Kier alpha value is -2.44. The molecule has 27 heavy (non-hydrogen) atoms. The summed E-state index contributed by atoms with van der Waals surface area (Å²) in [5.74, 6) is 0.866. The average Bonchev–Trinajstić information content (AvgIpc) is 3.09. The van der Waals surface area contributed by atoms with Crippen LogP contribution in [-0.4, -0.2) is 43.5 Å². The van der Waals surface area contributed by atoms with Crippen LogP contribution in [-0.2, 0) is 11.2 Å². The van der Waals surface area contributed by atoms with E-state index in [1.54, 1.807) is 18.4 Å². The number of carbonyl (C=O) groups is 1. The van der Waals surface area contributed by atoms with Crippen molar-refractivity contribution in [3.63, 3.8) is 0 Å². The highest BCUT2D eigenvalue weighted by atomic mass is 32.1. The molecule has 0 radical (unpaired) electrons. The number of para-hydroxylation sites is 1. The van der Waals surface area contributed by atoms with Gasteiger partial charge in [0.25, 0.3) is 0 Å². The number of nitrogens with one attached hydrogen (secondary N) is 1. The van der Waals surface area contributed by atoms with Gasteiger partial charge in [-0.1, -0.05) is 24.3 Å². The van der Waals surface area contributed by atoms with Gasteiger partial charge in [0, 0.05) is 19.4 Å². The Morgan fingerprint density at radius 3 is 2.78 bits per heavy atom. The number of rotatable bonds is 8. The number of amides is 1. The van der Waals surface area contributed by atoms with Crippen LogP contribution < -0.4 is 10.1 Å². The van der Waals surface area contributed by atoms with Crippen molar-refractivity contribution in [1.82, 2.24) is 15.2 Å². The average molecular weight is 384 g/mol. The first-order chi connectivity index (χ1) is 13.1. The molecule has 6 heteroatoms. The van der Waals surface area contributed by atoms with Gasteiger partial charge in [-0.15, -0.1) is 11.3 Å². The summed E-state index contributed by atoms with van der Waals surface area (Å²) in [7, 11) is 5.68. The number of aryl methyl sites for hydroxylation is 1. The molecule has 1 N–H and O–H groups in total. The lowest BCUT2D eigenvalue weighted by molar-refractivity contribution is -0.121. The normalized spacial score (nSPS) is 12.3. The fourth-order valence-corrected chi connectivity index (χ4v) is 3.96. The first-order valence-corrected chi connectivity index (χ1v) is 9.80. The van der Waals surface area contributed by atoms with E-state index >= 15 is 0 Å². The van der Waals surface area contributed by atoms with Crippen LogP contribution in [0.5, 0.6) is 5.75 Å². The molecule has 0 spiro atoms. The van der Waals surface area contributed by atoms with Gasteiger partial charge in [0.15, 0.2) is 0 Å². The molecule has 0 aliphatic rings. The Balaban J connectivity index is 1.55. The van der Waals surface area contributed by atoms with Crippen molar-refractivity contribution in [2.45, 2.75) is 18.9 Å². The number of carbonyl (C=O) groups excluding carboxylic acids is 1. The zero-order chi connectivity index (χ0) is 19.2. The van der Waals surface area contributed by atoms with E-state index < -0.39 is 0 Å². The predicted molar refractivity (Wildman–Crippen MR) is 110 cm³/mol. The maximum atomic E-state index is 12.3. The second-order valence-electron chi connectivity index (χ2n) is 6.64. The summed E-state index contributed by atoms with van der Waals surface area (Å²) < 4.78 is 6.48. The minimum Gasteiger partial charge on any atom is -0.497 e. The van der Waals surface area contributed by atoms with Crippen LogP contribution in [0, 0.1) is 0 Å². The lowest BCUT2D eigenvalue weighted by atomic mass is 10.1. The van der Waals surface area contributed by atoms with Gasteiger partial charge in [0.05, 0.1) is 28.4 Å². The van der Waals surface area contributed by atoms with Crippen LogP contribution in [0.3, 0.4) is 0 Å². The Morgan fingerprint density at radius 1 is 1.22 bits per heavy atom. The number of hydrogen-bond donors (Lipinski definition) is 1. The Morgan fingerprint density at radius 2 is 2.04 bits per heavy atom. The van der Waals surface area contributed by atoms with E-state index in [0.717, 1.165) is 21.8 Å². The molecular formula is C21H25N3O2S. The molecule has 1 amide bonds. The summed E-state index contributed by atoms with van der Waals surface area (Å²) in [4.78, 5) is 19.0. The third kappa shape index (κ3) is 5.05. The SMILES string of the molecule is COc1cccc(C(CNC(=O)CCc2nc3ccccc3s2)N(C)C)c1. The van der Waals surface area contributed by atoms with Crippen LogP contribution in [0.2, 0.25) is 0 Å². The second kappa shape index (κ2) is 8.97. The van der Waals surface area contributed by atoms with Crippen molar-refractivity contribution in [2.24, 2.45) is 0 Å². The third-order valence-corrected chi connectivity index (χ3v) is 5.59. The molecule has 2 aromatic carbocycles. The fourth-order valence-electron chi connectivity index (χ4n) is 2.99. The largest absolute Gasteiger partial charge is 0.497 e. The van der Waals surface area contributed by atoms with Gasteiger partial charge >= 0.3 is 0 Å². The van der Waals surface area contributed by atoms with Crippen LogP contribution in [0.1, 0.15) is 23.0 Å². The first-order valence-electron chi connectivity index (χ1n) is 8.98. The maximum Gasteiger partial charge on any atom is 0.220 e. The van der Waals surface area contributed by atoms with Crippen molar-refractivity contribution in [3.05, 3.63) is 59.1 Å². The summed E-state index contributed by atoms with van der Waals surface area (Å²) >= 11 is 1.66. The number of thiazole rings is 1. The highest BCUT2D eigenvalue weighted by Crippen LogP contribution is 2.23. The molecule has 1 unspecified atom stereocenters. The number of ether oxygens (including phenoxy) is 1. The highest BCUT2D eigenvalue weighted by molar-refractivity contribution is 7.18. The van der Waals surface area contributed by atoms with Crippen LogP contribution in [0.4, 0.5) is 0 Å². The first kappa shape index (κ1) is 19.3. The van der Waals surface area contributed by atoms with Crippen LogP contribution in [0.15, 0.2) is 48.5 Å². The number of methoxy groups -OCH3 is 1. The van der Waals surface area contributed by atoms with E-state index in [1.165, 1.54) is 4.70 Å². The topological polar surface area (TPSA) is 54.5 Å². The molecule has 0 bridgehead atoms. The molecule has 0 saturated carbocycles. The maximum absolute atomic E-state index is 12.3. The lowest BCUT2D eigenvalue weighted by Gasteiger charge is -2.25. The monoisotopic (exact) mass is 383 g/mol. The Kier molecular flexibility index (Phi) is 6.42. The van der Waals surface area contributed by atoms with E-state index in [4.69, 9.17) is 4.74 Å². The number of likely N-dealkylation sites (N-methyl/N-ethyl adjacent to an activating group) is 1. The quantitative estimate of drug-likeness (QED) is 0.645. The number of hydrogen-bond acceptors (Lipinski definition) is 5. The molecule has 0 aliphatic carbocycles. The van der Waals surface area contributed by atoms with Crippen molar-refractivity contribution in [2.75, 3.05) is 27.7 Å². The van der Waals surface area contributed by atoms with Crippen LogP contribution >= 0.6 is 11.3 Å². The molecule has 1 atom stereocenters. The number of fused-ring (bicyclic) bond motifs is 1. The van der Waals surface area contributed by atoms with Crippen molar-refractivity contribution >= 4 is 27.5 Å². The smallest absolute Gasteiger partial charge is 0.220 e. The van der Waals surface area contributed by atoms with E-state index in [0.29, 0.717) is 19.4 Å². The number of aromatic nitrogens is 1. The summed E-state index contributed by atoms with van der Waals surface area (Å²) in [6, 6.07) is 16.1. The van der Waals surface area contributed by atoms with E-state index in [9.17, 15) is 4.79 Å². The summed E-state index contributed by atoms with van der Waals surface area (Å²) in [5, 5.41) is 4.06. The van der Waals surface area contributed by atoms with Crippen molar-refractivity contribution in [3.8, 4) is 5.75 Å². The minimum absolute atomic E-state index is 0.0454. The van der Waals surface area contributed by atoms with E-state index in [2.05, 4.69) is 27.3 Å². The molecule has 1 aromatic heterocycles. The molecule has 142 valence electrons. The van der Waals surface area contributed by atoms with Gasteiger partial charge in [0.1, 0.15) is 5.75 Å². The minimum atomic E-state index is 0.0454. The second-order valence-corrected chi connectivity index (χ2v) is 7.75. The van der Waals surface area contributed by atoms with E-state index in [1.807, 2.05) is 50.5 Å². The molecule has 0 aliphatic heterocycles. The standard InChI is InChI=1S/C21H25N3O2S/c1-24(2)18(15-7-6-8-16(13-15)26-3)14-22-20(25)11-12-21-23-17-9-4-5-10-19(17)27-21/h4-10,13,18H,11-12,14H2,1-3H3,(H,22,25). The molecule has 3 rings (SSSR count). The third-order valence-electron chi connectivity index (χ3n) is 4.50. The summed E-state index contributed by atoms with van der Waals surface area (Å²) in [6.07, 6.45) is 1.11. The molecule has 0 fully saturated rings. The van der Waals surface area contributed by atoms with E-state index in [-0.39, 0.29) is 11.9 Å². The summed E-state index contributed by atoms with van der Waals surface area (Å²) in [6.45, 7) is 0.554. The van der Waals surface area contributed by atoms with Gasteiger partial charge in [-0.3, -0.25) is 4.79 Å². The number of benzene rings is 2. The van der Waals surface area contributed by atoms with Crippen molar-refractivity contribution < 1.29 is 9.53 Å². The fraction of sp³-hybridized carbons (Fsp3) is 0.333. The molecule has 0 saturated heterocycles. The summed E-state index contributed by atoms with van der Waals surface area (Å²) in [5.41, 5.74) is 2.12. The zero-order valence-electron chi connectivity index (χ0n) is 15.9. The van der Waals surface area contributed by atoms with Gasteiger partial charge in [-0.05, 0) is 43.9 Å². The Labute approximate surface area is 164 Å². The molecule has 1 heterocycles.